The summed E-state index contributed by atoms with van der Waals surface area (Å²) in [7, 11) is 0. The van der Waals surface area contributed by atoms with E-state index in [2.05, 4.69) is 26.1 Å². The van der Waals surface area contributed by atoms with Crippen molar-refractivity contribution in [2.75, 3.05) is 37.6 Å². The molecule has 0 spiro atoms. The maximum Gasteiger partial charge on any atom is 0.152 e. The summed E-state index contributed by atoms with van der Waals surface area (Å²) >= 11 is 0. The van der Waals surface area contributed by atoms with Gasteiger partial charge < -0.3 is 4.90 Å². The first-order valence-corrected chi connectivity index (χ1v) is 8.05. The molecule has 0 N–H and O–H groups in total. The molecular weight excluding hydrogens is 262 g/mol. The molecule has 1 aromatic rings. The van der Waals surface area contributed by atoms with Crippen molar-refractivity contribution >= 4 is 5.82 Å². The van der Waals surface area contributed by atoms with Crippen LogP contribution in [0.5, 0.6) is 0 Å². The molecule has 1 aromatic heterocycles. The lowest BCUT2D eigenvalue weighted by Gasteiger charge is -2.37. The second kappa shape index (κ2) is 6.86. The van der Waals surface area contributed by atoms with E-state index in [1.165, 1.54) is 44.8 Å². The zero-order valence-electron chi connectivity index (χ0n) is 12.5. The van der Waals surface area contributed by atoms with Crippen LogP contribution in [0.4, 0.5) is 5.82 Å². The first kappa shape index (κ1) is 14.3. The summed E-state index contributed by atoms with van der Waals surface area (Å²) in [5.41, 5.74) is 0.588. The Kier molecular flexibility index (Phi) is 4.66. The van der Waals surface area contributed by atoms with Crippen LogP contribution in [0.25, 0.3) is 0 Å². The van der Waals surface area contributed by atoms with Crippen LogP contribution in [0.1, 0.15) is 37.7 Å². The van der Waals surface area contributed by atoms with Crippen molar-refractivity contribution < 1.29 is 0 Å². The maximum absolute atomic E-state index is 8.94. The Hall–Kier alpha value is -1.67. The van der Waals surface area contributed by atoms with E-state index >= 15 is 0 Å². The summed E-state index contributed by atoms with van der Waals surface area (Å²) in [5.74, 6) is 1.75. The largest absolute Gasteiger partial charge is 0.353 e. The molecule has 2 heterocycles. The number of rotatable bonds is 3. The Morgan fingerprint density at radius 3 is 2.62 bits per heavy atom. The zero-order chi connectivity index (χ0) is 14.5. The normalized spacial score (nSPS) is 21.2. The van der Waals surface area contributed by atoms with Crippen molar-refractivity contribution in [3.63, 3.8) is 0 Å². The van der Waals surface area contributed by atoms with Gasteiger partial charge in [0.2, 0.25) is 0 Å². The summed E-state index contributed by atoms with van der Waals surface area (Å²) in [5, 5.41) is 17.0. The Morgan fingerprint density at radius 2 is 1.90 bits per heavy atom. The minimum Gasteiger partial charge on any atom is -0.353 e. The molecule has 5 nitrogen and oxygen atoms in total. The van der Waals surface area contributed by atoms with Gasteiger partial charge in [0.25, 0.3) is 0 Å². The highest BCUT2D eigenvalue weighted by atomic mass is 15.3. The predicted molar refractivity (Wildman–Crippen MR) is 82.0 cm³/mol. The standard InChI is InChI=1S/C16H23N5/c17-11-15-10-16(19-18-12-15)21-8-6-20(7-9-21)13-14-4-2-1-3-5-14/h10,12,14H,1-9,13H2. The van der Waals surface area contributed by atoms with E-state index in [1.54, 1.807) is 0 Å². The van der Waals surface area contributed by atoms with Crippen molar-refractivity contribution in [1.82, 2.24) is 15.1 Å². The third-order valence-corrected chi connectivity index (χ3v) is 4.71. The van der Waals surface area contributed by atoms with Gasteiger partial charge in [0.05, 0.1) is 11.8 Å². The molecule has 2 fully saturated rings. The van der Waals surface area contributed by atoms with Crippen molar-refractivity contribution in [2.24, 2.45) is 5.92 Å². The van der Waals surface area contributed by atoms with Crippen LogP contribution < -0.4 is 4.90 Å². The molecular formula is C16H23N5. The topological polar surface area (TPSA) is 56.1 Å². The highest BCUT2D eigenvalue weighted by Crippen LogP contribution is 2.25. The number of piperazine rings is 1. The van der Waals surface area contributed by atoms with E-state index in [-0.39, 0.29) is 0 Å². The third-order valence-electron chi connectivity index (χ3n) is 4.71. The summed E-state index contributed by atoms with van der Waals surface area (Å²) in [4.78, 5) is 4.83. The molecule has 21 heavy (non-hydrogen) atoms. The van der Waals surface area contributed by atoms with Gasteiger partial charge in [-0.1, -0.05) is 19.3 Å². The quantitative estimate of drug-likeness (QED) is 0.850. The first-order valence-electron chi connectivity index (χ1n) is 8.05. The molecule has 1 aliphatic carbocycles. The number of hydrogen-bond acceptors (Lipinski definition) is 5. The van der Waals surface area contributed by atoms with Crippen molar-refractivity contribution in [3.05, 3.63) is 17.8 Å². The molecule has 0 radical (unpaired) electrons. The minimum absolute atomic E-state index is 0.588. The lowest BCUT2D eigenvalue weighted by atomic mass is 9.89. The van der Waals surface area contributed by atoms with E-state index in [9.17, 15) is 0 Å². The Morgan fingerprint density at radius 1 is 1.14 bits per heavy atom. The van der Waals surface area contributed by atoms with Gasteiger partial charge in [-0.05, 0) is 18.8 Å². The zero-order valence-corrected chi connectivity index (χ0v) is 12.5. The van der Waals surface area contributed by atoms with Crippen LogP contribution in [-0.4, -0.2) is 47.8 Å². The average molecular weight is 285 g/mol. The molecule has 1 saturated carbocycles. The fraction of sp³-hybridized carbons (Fsp3) is 0.688. The molecule has 0 atom stereocenters. The molecule has 0 aromatic carbocycles. The molecule has 3 rings (SSSR count). The van der Waals surface area contributed by atoms with Crippen LogP contribution in [0.3, 0.4) is 0 Å². The van der Waals surface area contributed by atoms with E-state index in [0.29, 0.717) is 5.56 Å². The predicted octanol–water partition coefficient (Wildman–Crippen LogP) is 2.05. The summed E-state index contributed by atoms with van der Waals surface area (Å²) in [6.45, 7) is 5.41. The monoisotopic (exact) mass is 285 g/mol. The Balaban J connectivity index is 1.51. The Bertz CT molecular complexity index is 496. The lowest BCUT2D eigenvalue weighted by molar-refractivity contribution is 0.191. The summed E-state index contributed by atoms with van der Waals surface area (Å²) in [6, 6.07) is 3.97. The van der Waals surface area contributed by atoms with Gasteiger partial charge in [0.1, 0.15) is 6.07 Å². The number of hydrogen-bond donors (Lipinski definition) is 0. The molecule has 0 unspecified atom stereocenters. The van der Waals surface area contributed by atoms with E-state index in [0.717, 1.165) is 37.9 Å². The second-order valence-corrected chi connectivity index (χ2v) is 6.21. The molecule has 2 aliphatic rings. The van der Waals surface area contributed by atoms with E-state index in [4.69, 9.17) is 5.26 Å². The van der Waals surface area contributed by atoms with Crippen LogP contribution in [0.15, 0.2) is 12.3 Å². The molecule has 112 valence electrons. The molecule has 0 bridgehead atoms. The van der Waals surface area contributed by atoms with Crippen molar-refractivity contribution in [3.8, 4) is 6.07 Å². The van der Waals surface area contributed by atoms with E-state index < -0.39 is 0 Å². The SMILES string of the molecule is N#Cc1cnnc(N2CCN(CC3CCCCC3)CC2)c1. The van der Waals surface area contributed by atoms with Gasteiger partial charge in [0, 0.05) is 38.8 Å². The van der Waals surface area contributed by atoms with E-state index in [1.807, 2.05) is 6.07 Å². The Labute approximate surface area is 126 Å². The lowest BCUT2D eigenvalue weighted by Crippen LogP contribution is -2.48. The highest BCUT2D eigenvalue weighted by molar-refractivity contribution is 5.43. The van der Waals surface area contributed by atoms with Crippen LogP contribution >= 0.6 is 0 Å². The average Bonchev–Trinajstić information content (AvgIpc) is 2.56. The minimum atomic E-state index is 0.588. The second-order valence-electron chi connectivity index (χ2n) is 6.21. The van der Waals surface area contributed by atoms with Gasteiger partial charge >= 0.3 is 0 Å². The van der Waals surface area contributed by atoms with Gasteiger partial charge in [0.15, 0.2) is 5.82 Å². The van der Waals surface area contributed by atoms with Crippen molar-refractivity contribution in [2.45, 2.75) is 32.1 Å². The maximum atomic E-state index is 8.94. The first-order chi connectivity index (χ1) is 10.3. The fourth-order valence-corrected chi connectivity index (χ4v) is 3.47. The number of aromatic nitrogens is 2. The van der Waals surface area contributed by atoms with Gasteiger partial charge in [-0.2, -0.15) is 10.4 Å². The molecule has 5 heteroatoms. The number of anilines is 1. The highest BCUT2D eigenvalue weighted by Gasteiger charge is 2.22. The van der Waals surface area contributed by atoms with Crippen LogP contribution in [0, 0.1) is 17.2 Å². The molecule has 1 saturated heterocycles. The smallest absolute Gasteiger partial charge is 0.152 e. The third kappa shape index (κ3) is 3.70. The van der Waals surface area contributed by atoms with Gasteiger partial charge in [-0.25, -0.2) is 0 Å². The fourth-order valence-electron chi connectivity index (χ4n) is 3.47. The summed E-state index contributed by atoms with van der Waals surface area (Å²) in [6.07, 6.45) is 8.61. The number of nitriles is 1. The van der Waals surface area contributed by atoms with Crippen LogP contribution in [-0.2, 0) is 0 Å². The molecule has 0 amide bonds. The van der Waals surface area contributed by atoms with Gasteiger partial charge in [-0.15, -0.1) is 5.10 Å². The number of nitrogens with zero attached hydrogens (tertiary/aromatic N) is 5. The van der Waals surface area contributed by atoms with Gasteiger partial charge in [-0.3, -0.25) is 4.90 Å². The van der Waals surface area contributed by atoms with Crippen molar-refractivity contribution in [1.29, 1.82) is 5.26 Å². The molecule has 1 aliphatic heterocycles. The van der Waals surface area contributed by atoms with Crippen LogP contribution in [0.2, 0.25) is 0 Å². The summed E-state index contributed by atoms with van der Waals surface area (Å²) < 4.78 is 0.